The lowest BCUT2D eigenvalue weighted by molar-refractivity contribution is 0.477. The average Bonchev–Trinajstić information content (AvgIpc) is 3.21. The first kappa shape index (κ1) is 17.8. The Kier molecular flexibility index (Phi) is 4.54. The van der Waals surface area contributed by atoms with Crippen molar-refractivity contribution < 1.29 is 5.11 Å². The van der Waals surface area contributed by atoms with Gasteiger partial charge in [-0.25, -0.2) is 4.98 Å². The van der Waals surface area contributed by atoms with Gasteiger partial charge in [0.05, 0.1) is 17.0 Å². The van der Waals surface area contributed by atoms with E-state index >= 15 is 0 Å². The summed E-state index contributed by atoms with van der Waals surface area (Å²) in [5.41, 5.74) is 4.60. The number of phenolic OH excluding ortho intramolecular Hbond substituents is 1. The van der Waals surface area contributed by atoms with Gasteiger partial charge in [0.25, 0.3) is 0 Å². The zero-order chi connectivity index (χ0) is 20.3. The number of rotatable bonds is 4. The van der Waals surface area contributed by atoms with E-state index in [9.17, 15) is 5.11 Å². The zero-order valence-electron chi connectivity index (χ0n) is 16.1. The van der Waals surface area contributed by atoms with Crippen LogP contribution < -0.4 is 0 Å². The Morgan fingerprint density at radius 3 is 1.93 bits per heavy atom. The van der Waals surface area contributed by atoms with Gasteiger partial charge in [0.15, 0.2) is 0 Å². The monoisotopic (exact) mass is 390 g/mol. The number of nitrogens with zero attached hydrogens (tertiary/aromatic N) is 4. The van der Waals surface area contributed by atoms with E-state index in [2.05, 4.69) is 9.97 Å². The van der Waals surface area contributed by atoms with Crippen LogP contribution in [0.3, 0.4) is 0 Å². The molecular formula is C25H18N4O. The number of benzene rings is 2. The molecule has 0 spiro atoms. The summed E-state index contributed by atoms with van der Waals surface area (Å²) < 4.78 is 2.03. The van der Waals surface area contributed by atoms with Gasteiger partial charge in [-0.15, -0.1) is 0 Å². The SMILES string of the molecule is Oc1ccccc1-c1nc(-c2ccccn2)c(-c2ccccn2)n1-c1ccccc1. The van der Waals surface area contributed by atoms with Crippen LogP contribution in [0.1, 0.15) is 0 Å². The molecule has 5 nitrogen and oxygen atoms in total. The number of hydrogen-bond acceptors (Lipinski definition) is 4. The molecule has 0 saturated carbocycles. The van der Waals surface area contributed by atoms with Crippen LogP contribution in [0.15, 0.2) is 103 Å². The fourth-order valence-electron chi connectivity index (χ4n) is 3.51. The molecule has 0 aliphatic rings. The van der Waals surface area contributed by atoms with E-state index in [1.807, 2.05) is 83.4 Å². The Labute approximate surface area is 174 Å². The van der Waals surface area contributed by atoms with Crippen LogP contribution in [0, 0.1) is 0 Å². The minimum absolute atomic E-state index is 0.167. The van der Waals surface area contributed by atoms with E-state index in [-0.39, 0.29) is 5.75 Å². The molecule has 144 valence electrons. The van der Waals surface area contributed by atoms with Gasteiger partial charge in [-0.05, 0) is 48.5 Å². The van der Waals surface area contributed by atoms with Crippen molar-refractivity contribution in [3.8, 4) is 45.6 Å². The van der Waals surface area contributed by atoms with E-state index < -0.39 is 0 Å². The van der Waals surface area contributed by atoms with Crippen LogP contribution >= 0.6 is 0 Å². The largest absolute Gasteiger partial charge is 0.507 e. The van der Waals surface area contributed by atoms with Crippen LogP contribution in [0.25, 0.3) is 39.9 Å². The maximum absolute atomic E-state index is 10.6. The molecule has 3 heterocycles. The van der Waals surface area contributed by atoms with Crippen molar-refractivity contribution in [2.24, 2.45) is 0 Å². The first-order valence-electron chi connectivity index (χ1n) is 9.62. The van der Waals surface area contributed by atoms with Gasteiger partial charge in [-0.1, -0.05) is 42.5 Å². The van der Waals surface area contributed by atoms with Gasteiger partial charge in [0.2, 0.25) is 0 Å². The highest BCUT2D eigenvalue weighted by Crippen LogP contribution is 2.39. The molecule has 0 unspecified atom stereocenters. The number of phenols is 1. The molecule has 0 aliphatic carbocycles. The summed E-state index contributed by atoms with van der Waals surface area (Å²) in [5.74, 6) is 0.792. The second-order valence-corrected chi connectivity index (χ2v) is 6.75. The lowest BCUT2D eigenvalue weighted by Gasteiger charge is -2.13. The van der Waals surface area contributed by atoms with Gasteiger partial charge >= 0.3 is 0 Å². The second-order valence-electron chi connectivity index (χ2n) is 6.75. The molecule has 2 aromatic carbocycles. The Balaban J connectivity index is 1.91. The summed E-state index contributed by atoms with van der Waals surface area (Å²) in [6.07, 6.45) is 3.51. The van der Waals surface area contributed by atoms with Crippen LogP contribution in [0.5, 0.6) is 5.75 Å². The zero-order valence-corrected chi connectivity index (χ0v) is 16.1. The summed E-state index contributed by atoms with van der Waals surface area (Å²) in [4.78, 5) is 14.1. The summed E-state index contributed by atoms with van der Waals surface area (Å²) in [7, 11) is 0. The van der Waals surface area contributed by atoms with Crippen molar-refractivity contribution in [2.75, 3.05) is 0 Å². The number of aromatic nitrogens is 4. The maximum Gasteiger partial charge on any atom is 0.149 e. The fraction of sp³-hybridized carbons (Fsp3) is 0. The number of pyridine rings is 2. The first-order valence-corrected chi connectivity index (χ1v) is 9.62. The maximum atomic E-state index is 10.6. The molecule has 5 rings (SSSR count). The number of aromatic hydroxyl groups is 1. The van der Waals surface area contributed by atoms with E-state index in [4.69, 9.17) is 4.98 Å². The van der Waals surface area contributed by atoms with Gasteiger partial charge < -0.3 is 5.11 Å². The van der Waals surface area contributed by atoms with Crippen molar-refractivity contribution in [1.29, 1.82) is 0 Å². The van der Waals surface area contributed by atoms with Crippen molar-refractivity contribution >= 4 is 0 Å². The molecular weight excluding hydrogens is 372 g/mol. The van der Waals surface area contributed by atoms with Crippen LogP contribution in [0.4, 0.5) is 0 Å². The molecule has 5 aromatic rings. The standard InChI is InChI=1S/C25H18N4O/c30-22-15-5-4-12-19(22)25-28-23(20-13-6-8-16-26-20)24(21-14-7-9-17-27-21)29(25)18-10-2-1-3-11-18/h1-17,30H. The highest BCUT2D eigenvalue weighted by molar-refractivity contribution is 5.82. The summed E-state index contributed by atoms with van der Waals surface area (Å²) >= 11 is 0. The lowest BCUT2D eigenvalue weighted by atomic mass is 10.1. The van der Waals surface area contributed by atoms with E-state index in [0.717, 1.165) is 22.8 Å². The Hall–Kier alpha value is -4.25. The molecule has 30 heavy (non-hydrogen) atoms. The van der Waals surface area contributed by atoms with E-state index in [0.29, 0.717) is 17.1 Å². The second kappa shape index (κ2) is 7.64. The Morgan fingerprint density at radius 1 is 0.633 bits per heavy atom. The van der Waals surface area contributed by atoms with Crippen molar-refractivity contribution in [2.45, 2.75) is 0 Å². The molecule has 0 radical (unpaired) electrons. The Morgan fingerprint density at radius 2 is 1.27 bits per heavy atom. The van der Waals surface area contributed by atoms with E-state index in [1.165, 1.54) is 0 Å². The third-order valence-electron chi connectivity index (χ3n) is 4.85. The minimum Gasteiger partial charge on any atom is -0.507 e. The topological polar surface area (TPSA) is 63.8 Å². The minimum atomic E-state index is 0.167. The molecule has 0 bridgehead atoms. The average molecular weight is 390 g/mol. The third-order valence-corrected chi connectivity index (χ3v) is 4.85. The van der Waals surface area contributed by atoms with Crippen LogP contribution in [-0.4, -0.2) is 24.6 Å². The molecule has 0 fully saturated rings. The van der Waals surface area contributed by atoms with Crippen molar-refractivity contribution in [1.82, 2.24) is 19.5 Å². The quantitative estimate of drug-likeness (QED) is 0.448. The third kappa shape index (κ3) is 3.12. The molecule has 5 heteroatoms. The van der Waals surface area contributed by atoms with Gasteiger partial charge in [-0.2, -0.15) is 0 Å². The molecule has 0 aliphatic heterocycles. The summed E-state index contributed by atoms with van der Waals surface area (Å²) in [5, 5.41) is 10.6. The van der Waals surface area contributed by atoms with Gasteiger partial charge in [0.1, 0.15) is 23.0 Å². The molecule has 0 amide bonds. The number of para-hydroxylation sites is 2. The first-order chi connectivity index (χ1) is 14.8. The van der Waals surface area contributed by atoms with Crippen molar-refractivity contribution in [3.63, 3.8) is 0 Å². The lowest BCUT2D eigenvalue weighted by Crippen LogP contribution is -2.01. The molecule has 0 saturated heterocycles. The van der Waals surface area contributed by atoms with Gasteiger partial charge in [0, 0.05) is 18.1 Å². The number of imidazole rings is 1. The normalized spacial score (nSPS) is 10.8. The van der Waals surface area contributed by atoms with Crippen molar-refractivity contribution in [3.05, 3.63) is 103 Å². The predicted octanol–water partition coefficient (Wildman–Crippen LogP) is 5.37. The fourth-order valence-corrected chi connectivity index (χ4v) is 3.51. The smallest absolute Gasteiger partial charge is 0.149 e. The molecule has 3 aromatic heterocycles. The highest BCUT2D eigenvalue weighted by Gasteiger charge is 2.24. The number of hydrogen-bond donors (Lipinski definition) is 1. The van der Waals surface area contributed by atoms with Crippen LogP contribution in [-0.2, 0) is 0 Å². The van der Waals surface area contributed by atoms with E-state index in [1.54, 1.807) is 24.5 Å². The predicted molar refractivity (Wildman–Crippen MR) is 117 cm³/mol. The van der Waals surface area contributed by atoms with Gasteiger partial charge in [-0.3, -0.25) is 14.5 Å². The Bertz CT molecular complexity index is 1280. The summed E-state index contributed by atoms with van der Waals surface area (Å²) in [6.45, 7) is 0. The molecule has 1 N–H and O–H groups in total. The highest BCUT2D eigenvalue weighted by atomic mass is 16.3. The van der Waals surface area contributed by atoms with Crippen LogP contribution in [0.2, 0.25) is 0 Å². The molecule has 0 atom stereocenters. The summed E-state index contributed by atoms with van der Waals surface area (Å²) in [6, 6.07) is 28.7.